The predicted molar refractivity (Wildman–Crippen MR) is 91.4 cm³/mol. The first kappa shape index (κ1) is 17.6. The van der Waals surface area contributed by atoms with Crippen LogP contribution in [0.25, 0.3) is 0 Å². The van der Waals surface area contributed by atoms with Crippen LogP contribution in [0, 0.1) is 11.6 Å². The van der Waals surface area contributed by atoms with E-state index in [2.05, 4.69) is 15.3 Å². The molecule has 2 amide bonds. The fourth-order valence-electron chi connectivity index (χ4n) is 3.65. The van der Waals surface area contributed by atoms with Crippen molar-refractivity contribution < 1.29 is 18.4 Å². The zero-order valence-electron chi connectivity index (χ0n) is 14.5. The number of hydrogen-bond acceptors (Lipinski definition) is 4. The van der Waals surface area contributed by atoms with E-state index in [-0.39, 0.29) is 11.8 Å². The summed E-state index contributed by atoms with van der Waals surface area (Å²) in [5, 5.41) is 2.79. The molecule has 142 valence electrons. The number of aromatic nitrogens is 2. The largest absolute Gasteiger partial charge is 0.348 e. The number of aromatic amines is 1. The van der Waals surface area contributed by atoms with Crippen molar-refractivity contribution in [1.29, 1.82) is 0 Å². The second-order valence-corrected chi connectivity index (χ2v) is 6.87. The Labute approximate surface area is 154 Å². The number of amides is 2. The highest BCUT2D eigenvalue weighted by Crippen LogP contribution is 2.20. The lowest BCUT2D eigenvalue weighted by Crippen LogP contribution is -2.69. The van der Waals surface area contributed by atoms with Crippen LogP contribution in [-0.2, 0) is 22.6 Å². The van der Waals surface area contributed by atoms with Gasteiger partial charge in [0.2, 0.25) is 11.8 Å². The van der Waals surface area contributed by atoms with Crippen molar-refractivity contribution in [2.45, 2.75) is 25.0 Å². The molecule has 0 bridgehead atoms. The summed E-state index contributed by atoms with van der Waals surface area (Å²) in [6.07, 6.45) is 3.53. The van der Waals surface area contributed by atoms with Crippen molar-refractivity contribution in [2.75, 3.05) is 19.6 Å². The number of imidazole rings is 1. The molecule has 2 fully saturated rings. The molecule has 0 spiro atoms. The molecular weight excluding hydrogens is 356 g/mol. The van der Waals surface area contributed by atoms with E-state index < -0.39 is 23.7 Å². The van der Waals surface area contributed by atoms with Gasteiger partial charge >= 0.3 is 0 Å². The standard InChI is InChI=1S/C18H19F2N5O2/c19-13-2-1-11(5-14(13)20)8-24-3-4-25-16(9-24)17(26)23-15(18(25)27)6-12-7-21-10-22-12/h1-2,5,7,10,15-16H,3-4,6,8-9H2,(H,21,22)(H,23,26)/t15-,16+/m0/s1. The van der Waals surface area contributed by atoms with Gasteiger partial charge in [0.25, 0.3) is 0 Å². The Kier molecular flexibility index (Phi) is 4.61. The Balaban J connectivity index is 1.42. The zero-order chi connectivity index (χ0) is 19.0. The summed E-state index contributed by atoms with van der Waals surface area (Å²) < 4.78 is 26.5. The normalized spacial score (nSPS) is 23.3. The number of nitrogens with zero attached hydrogens (tertiary/aromatic N) is 3. The molecule has 0 unspecified atom stereocenters. The van der Waals surface area contributed by atoms with Gasteiger partial charge in [-0.05, 0) is 17.7 Å². The summed E-state index contributed by atoms with van der Waals surface area (Å²) in [7, 11) is 0. The molecule has 1 aromatic carbocycles. The average Bonchev–Trinajstić information content (AvgIpc) is 3.16. The number of rotatable bonds is 4. The smallest absolute Gasteiger partial charge is 0.246 e. The number of hydrogen-bond donors (Lipinski definition) is 2. The molecule has 1 aromatic heterocycles. The maximum atomic E-state index is 13.4. The van der Waals surface area contributed by atoms with Crippen molar-refractivity contribution in [3.63, 3.8) is 0 Å². The molecular formula is C18H19F2N5O2. The van der Waals surface area contributed by atoms with E-state index in [9.17, 15) is 18.4 Å². The molecule has 7 nitrogen and oxygen atoms in total. The lowest BCUT2D eigenvalue weighted by molar-refractivity contribution is -0.153. The van der Waals surface area contributed by atoms with Crippen molar-refractivity contribution in [3.8, 4) is 0 Å². The minimum atomic E-state index is -0.890. The summed E-state index contributed by atoms with van der Waals surface area (Å²) in [5.74, 6) is -2.08. The lowest BCUT2D eigenvalue weighted by Gasteiger charge is -2.45. The van der Waals surface area contributed by atoms with E-state index >= 15 is 0 Å². The maximum absolute atomic E-state index is 13.4. The topological polar surface area (TPSA) is 81.3 Å². The van der Waals surface area contributed by atoms with Gasteiger partial charge in [0.1, 0.15) is 12.1 Å². The number of benzene rings is 1. The number of halogens is 2. The van der Waals surface area contributed by atoms with Crippen LogP contribution in [-0.4, -0.2) is 63.3 Å². The summed E-state index contributed by atoms with van der Waals surface area (Å²) in [5.41, 5.74) is 1.41. The Bertz CT molecular complexity index is 857. The van der Waals surface area contributed by atoms with Crippen molar-refractivity contribution >= 4 is 11.8 Å². The van der Waals surface area contributed by atoms with E-state index in [0.717, 1.165) is 17.8 Å². The zero-order valence-corrected chi connectivity index (χ0v) is 14.5. The van der Waals surface area contributed by atoms with Gasteiger partial charge in [-0.15, -0.1) is 0 Å². The summed E-state index contributed by atoms with van der Waals surface area (Å²) in [4.78, 5) is 35.7. The van der Waals surface area contributed by atoms with Crippen molar-refractivity contribution in [1.82, 2.24) is 25.1 Å². The van der Waals surface area contributed by atoms with Crippen LogP contribution in [0.3, 0.4) is 0 Å². The van der Waals surface area contributed by atoms with Crippen LogP contribution in [0.4, 0.5) is 8.78 Å². The quantitative estimate of drug-likeness (QED) is 0.813. The summed E-state index contributed by atoms with van der Waals surface area (Å²) in [6.45, 7) is 1.72. The summed E-state index contributed by atoms with van der Waals surface area (Å²) in [6, 6.07) is 2.60. The molecule has 2 saturated heterocycles. The van der Waals surface area contributed by atoms with Crippen LogP contribution < -0.4 is 5.32 Å². The van der Waals surface area contributed by atoms with Crippen molar-refractivity contribution in [3.05, 3.63) is 53.6 Å². The number of nitrogens with one attached hydrogen (secondary N) is 2. The number of carbonyl (C=O) groups is 2. The average molecular weight is 375 g/mol. The van der Waals surface area contributed by atoms with Gasteiger partial charge in [-0.1, -0.05) is 6.07 Å². The van der Waals surface area contributed by atoms with Gasteiger partial charge in [0, 0.05) is 44.5 Å². The Hall–Kier alpha value is -2.81. The maximum Gasteiger partial charge on any atom is 0.246 e. The molecule has 9 heteroatoms. The molecule has 0 radical (unpaired) electrons. The SMILES string of the molecule is O=C1N[C@@H](Cc2cnc[nH]2)C(=O)N2CCN(Cc3ccc(F)c(F)c3)C[C@H]12. The highest BCUT2D eigenvalue weighted by Gasteiger charge is 2.43. The predicted octanol–water partition coefficient (Wildman–Crippen LogP) is 0.442. The molecule has 3 heterocycles. The number of H-pyrrole nitrogens is 1. The van der Waals surface area contributed by atoms with E-state index in [4.69, 9.17) is 0 Å². The van der Waals surface area contributed by atoms with Gasteiger partial charge in [-0.2, -0.15) is 0 Å². The van der Waals surface area contributed by atoms with Crippen LogP contribution in [0.2, 0.25) is 0 Å². The van der Waals surface area contributed by atoms with Gasteiger partial charge in [0.05, 0.1) is 6.33 Å². The number of carbonyl (C=O) groups excluding carboxylic acids is 2. The van der Waals surface area contributed by atoms with E-state index in [1.165, 1.54) is 12.4 Å². The second kappa shape index (κ2) is 7.07. The first-order valence-corrected chi connectivity index (χ1v) is 8.75. The number of piperazine rings is 2. The monoisotopic (exact) mass is 375 g/mol. The Morgan fingerprint density at radius 2 is 2.04 bits per heavy atom. The number of fused-ring (bicyclic) bond motifs is 1. The van der Waals surface area contributed by atoms with Gasteiger partial charge in [-0.3, -0.25) is 14.5 Å². The third-order valence-corrected chi connectivity index (χ3v) is 5.03. The Morgan fingerprint density at radius 3 is 2.78 bits per heavy atom. The molecule has 4 rings (SSSR count). The first-order chi connectivity index (χ1) is 13.0. The van der Waals surface area contributed by atoms with Crippen molar-refractivity contribution in [2.24, 2.45) is 0 Å². The van der Waals surface area contributed by atoms with Crippen LogP contribution in [0.1, 0.15) is 11.3 Å². The van der Waals surface area contributed by atoms with Gasteiger partial charge < -0.3 is 15.2 Å². The van der Waals surface area contributed by atoms with Crippen LogP contribution in [0.5, 0.6) is 0 Å². The minimum absolute atomic E-state index is 0.110. The Morgan fingerprint density at radius 1 is 1.19 bits per heavy atom. The summed E-state index contributed by atoms with van der Waals surface area (Å²) >= 11 is 0. The molecule has 2 N–H and O–H groups in total. The molecule has 0 aliphatic carbocycles. The third kappa shape index (κ3) is 3.55. The van der Waals surface area contributed by atoms with Crippen LogP contribution >= 0.6 is 0 Å². The van der Waals surface area contributed by atoms with Gasteiger partial charge in [0.15, 0.2) is 11.6 Å². The lowest BCUT2D eigenvalue weighted by atomic mass is 10.0. The van der Waals surface area contributed by atoms with Gasteiger partial charge in [-0.25, -0.2) is 13.8 Å². The van der Waals surface area contributed by atoms with Crippen LogP contribution in [0.15, 0.2) is 30.7 Å². The molecule has 2 aliphatic heterocycles. The highest BCUT2D eigenvalue weighted by molar-refractivity contribution is 5.97. The minimum Gasteiger partial charge on any atom is -0.348 e. The third-order valence-electron chi connectivity index (χ3n) is 5.03. The van der Waals surface area contributed by atoms with E-state index in [0.29, 0.717) is 38.2 Å². The highest BCUT2D eigenvalue weighted by atomic mass is 19.2. The van der Waals surface area contributed by atoms with E-state index in [1.807, 2.05) is 4.90 Å². The fraction of sp³-hybridized carbons (Fsp3) is 0.389. The molecule has 0 saturated carbocycles. The molecule has 2 atom stereocenters. The molecule has 27 heavy (non-hydrogen) atoms. The first-order valence-electron chi connectivity index (χ1n) is 8.75. The van der Waals surface area contributed by atoms with E-state index in [1.54, 1.807) is 11.1 Å². The molecule has 2 aromatic rings. The molecule has 2 aliphatic rings. The fourth-order valence-corrected chi connectivity index (χ4v) is 3.65. The second-order valence-electron chi connectivity index (χ2n) is 6.87.